The molecule has 0 aliphatic heterocycles. The second-order valence-electron chi connectivity index (χ2n) is 4.81. The summed E-state index contributed by atoms with van der Waals surface area (Å²) in [4.78, 5) is 12.3. The Morgan fingerprint density at radius 2 is 2.05 bits per heavy atom. The molecule has 4 heteroatoms. The average molecular weight is 295 g/mol. The van der Waals surface area contributed by atoms with Crippen LogP contribution in [0.2, 0.25) is 0 Å². The van der Waals surface area contributed by atoms with Crippen LogP contribution in [0.1, 0.15) is 23.2 Å². The highest BCUT2D eigenvalue weighted by Crippen LogP contribution is 2.25. The normalized spacial score (nSPS) is 14.0. The molecule has 0 radical (unpaired) electrons. The summed E-state index contributed by atoms with van der Waals surface area (Å²) in [6.07, 6.45) is 8.46. The van der Waals surface area contributed by atoms with Crippen LogP contribution in [0.25, 0.3) is 0 Å². The van der Waals surface area contributed by atoms with Crippen molar-refractivity contribution in [1.29, 1.82) is 5.26 Å². The first-order valence-electron chi connectivity index (χ1n) is 6.92. The van der Waals surface area contributed by atoms with Crippen LogP contribution in [-0.2, 0) is 0 Å². The van der Waals surface area contributed by atoms with E-state index in [1.807, 2.05) is 6.08 Å². The second-order valence-corrected chi connectivity index (χ2v) is 4.81. The predicted molar refractivity (Wildman–Crippen MR) is 84.0 cm³/mol. The zero-order chi connectivity index (χ0) is 15.9. The van der Waals surface area contributed by atoms with Gasteiger partial charge in [0.15, 0.2) is 5.78 Å². The van der Waals surface area contributed by atoms with Crippen LogP contribution in [0, 0.1) is 11.3 Å². The molecular formula is C18H17NO3. The van der Waals surface area contributed by atoms with Gasteiger partial charge in [0, 0.05) is 11.6 Å². The van der Waals surface area contributed by atoms with Gasteiger partial charge < -0.3 is 9.47 Å². The van der Waals surface area contributed by atoms with Crippen LogP contribution in [-0.4, -0.2) is 20.0 Å². The minimum atomic E-state index is -0.129. The number of allylic oxidation sites excluding steroid dienone is 6. The topological polar surface area (TPSA) is 59.3 Å². The Morgan fingerprint density at radius 1 is 1.23 bits per heavy atom. The molecule has 0 heterocycles. The van der Waals surface area contributed by atoms with Gasteiger partial charge in [0.2, 0.25) is 0 Å². The lowest BCUT2D eigenvalue weighted by Gasteiger charge is -2.08. The van der Waals surface area contributed by atoms with Crippen molar-refractivity contribution in [3.05, 3.63) is 59.2 Å². The van der Waals surface area contributed by atoms with Crippen molar-refractivity contribution in [3.63, 3.8) is 0 Å². The second kappa shape index (κ2) is 7.28. The summed E-state index contributed by atoms with van der Waals surface area (Å²) in [7, 11) is 3.09. The van der Waals surface area contributed by atoms with Crippen LogP contribution >= 0.6 is 0 Å². The third kappa shape index (κ3) is 3.64. The van der Waals surface area contributed by atoms with Gasteiger partial charge in [-0.25, -0.2) is 0 Å². The number of methoxy groups -OCH3 is 2. The number of ether oxygens (including phenoxy) is 2. The Bertz CT molecular complexity index is 706. The van der Waals surface area contributed by atoms with Crippen molar-refractivity contribution in [2.45, 2.75) is 12.8 Å². The third-order valence-electron chi connectivity index (χ3n) is 3.45. The van der Waals surface area contributed by atoms with Crippen LogP contribution in [0.3, 0.4) is 0 Å². The van der Waals surface area contributed by atoms with Crippen LogP contribution in [0.4, 0.5) is 0 Å². The molecule has 0 saturated carbocycles. The molecule has 4 nitrogen and oxygen atoms in total. The lowest BCUT2D eigenvalue weighted by Crippen LogP contribution is -2.00. The molecule has 1 aromatic rings. The minimum absolute atomic E-state index is 0.129. The van der Waals surface area contributed by atoms with E-state index in [1.54, 1.807) is 37.5 Å². The number of nitriles is 1. The monoisotopic (exact) mass is 295 g/mol. The highest BCUT2D eigenvalue weighted by Gasteiger charge is 2.11. The van der Waals surface area contributed by atoms with Gasteiger partial charge in [-0.15, -0.1) is 0 Å². The molecule has 1 aromatic carbocycles. The fraction of sp³-hybridized carbons (Fsp3) is 0.222. The molecule has 112 valence electrons. The van der Waals surface area contributed by atoms with E-state index in [0.29, 0.717) is 23.5 Å². The molecule has 0 N–H and O–H groups in total. The van der Waals surface area contributed by atoms with Crippen molar-refractivity contribution in [3.8, 4) is 17.6 Å². The van der Waals surface area contributed by atoms with E-state index >= 15 is 0 Å². The average Bonchev–Trinajstić information content (AvgIpc) is 2.59. The van der Waals surface area contributed by atoms with E-state index < -0.39 is 0 Å². The predicted octanol–water partition coefficient (Wildman–Crippen LogP) is 3.61. The Labute approximate surface area is 130 Å². The molecule has 22 heavy (non-hydrogen) atoms. The quantitative estimate of drug-likeness (QED) is 0.615. The molecule has 0 saturated heterocycles. The lowest BCUT2D eigenvalue weighted by molar-refractivity contribution is 0.104. The first-order chi connectivity index (χ1) is 10.7. The van der Waals surface area contributed by atoms with Crippen LogP contribution in [0.5, 0.6) is 11.5 Å². The van der Waals surface area contributed by atoms with Crippen molar-refractivity contribution in [2.75, 3.05) is 14.2 Å². The molecule has 0 spiro atoms. The highest BCUT2D eigenvalue weighted by molar-refractivity contribution is 6.06. The summed E-state index contributed by atoms with van der Waals surface area (Å²) in [5, 5.41) is 8.80. The van der Waals surface area contributed by atoms with Crippen LogP contribution < -0.4 is 9.47 Å². The van der Waals surface area contributed by atoms with E-state index in [2.05, 4.69) is 6.07 Å². The van der Waals surface area contributed by atoms with Crippen molar-refractivity contribution >= 4 is 5.78 Å². The Morgan fingerprint density at radius 3 is 2.64 bits per heavy atom. The van der Waals surface area contributed by atoms with E-state index in [0.717, 1.165) is 17.6 Å². The first kappa shape index (κ1) is 15.6. The smallest absolute Gasteiger partial charge is 0.189 e. The summed E-state index contributed by atoms with van der Waals surface area (Å²) in [6.45, 7) is 0. The molecular weight excluding hydrogens is 278 g/mol. The Hall–Kier alpha value is -2.80. The Kier molecular flexibility index (Phi) is 5.16. The summed E-state index contributed by atoms with van der Waals surface area (Å²) in [6, 6.07) is 7.24. The molecule has 0 amide bonds. The summed E-state index contributed by atoms with van der Waals surface area (Å²) >= 11 is 0. The fourth-order valence-corrected chi connectivity index (χ4v) is 2.16. The van der Waals surface area contributed by atoms with Gasteiger partial charge in [-0.1, -0.05) is 12.2 Å². The molecule has 0 aromatic heterocycles. The third-order valence-corrected chi connectivity index (χ3v) is 3.45. The number of hydrogen-bond acceptors (Lipinski definition) is 4. The number of hydrogen-bond donors (Lipinski definition) is 0. The molecule has 2 rings (SSSR count). The number of benzene rings is 1. The fourth-order valence-electron chi connectivity index (χ4n) is 2.16. The largest absolute Gasteiger partial charge is 0.497 e. The maximum atomic E-state index is 12.3. The molecule has 0 atom stereocenters. The van der Waals surface area contributed by atoms with Gasteiger partial charge in [0.25, 0.3) is 0 Å². The molecule has 0 fully saturated rings. The van der Waals surface area contributed by atoms with Crippen LogP contribution in [0.15, 0.2) is 53.6 Å². The van der Waals surface area contributed by atoms with Gasteiger partial charge in [-0.3, -0.25) is 4.79 Å². The summed E-state index contributed by atoms with van der Waals surface area (Å²) < 4.78 is 10.4. The van der Waals surface area contributed by atoms with Crippen molar-refractivity contribution < 1.29 is 14.3 Å². The minimum Gasteiger partial charge on any atom is -0.497 e. The van der Waals surface area contributed by atoms with Gasteiger partial charge >= 0.3 is 0 Å². The van der Waals surface area contributed by atoms with E-state index in [1.165, 1.54) is 13.2 Å². The Balaban J connectivity index is 2.16. The standard InChI is InChI=1S/C18H17NO3/c1-21-15-8-9-16(18(11-15)22-2)17(20)10-7-13-3-5-14(12-19)6-4-13/h3,5,7-11H,4,6H2,1-2H3. The SMILES string of the molecule is COc1ccc(C(=O)C=CC2=CC=C(C#N)CC2)c(OC)c1. The van der Waals surface area contributed by atoms with Gasteiger partial charge in [-0.2, -0.15) is 5.26 Å². The molecule has 1 aliphatic carbocycles. The maximum Gasteiger partial charge on any atom is 0.189 e. The van der Waals surface area contributed by atoms with E-state index in [4.69, 9.17) is 14.7 Å². The zero-order valence-electron chi connectivity index (χ0n) is 12.6. The first-order valence-corrected chi connectivity index (χ1v) is 6.92. The van der Waals surface area contributed by atoms with Crippen molar-refractivity contribution in [1.82, 2.24) is 0 Å². The summed E-state index contributed by atoms with van der Waals surface area (Å²) in [5.41, 5.74) is 2.28. The number of carbonyl (C=O) groups is 1. The van der Waals surface area contributed by atoms with Gasteiger partial charge in [0.1, 0.15) is 11.5 Å². The lowest BCUT2D eigenvalue weighted by atomic mass is 9.98. The van der Waals surface area contributed by atoms with Crippen molar-refractivity contribution in [2.24, 2.45) is 0 Å². The van der Waals surface area contributed by atoms with Gasteiger partial charge in [-0.05, 0) is 42.7 Å². The molecule has 0 bridgehead atoms. The zero-order valence-corrected chi connectivity index (χ0v) is 12.6. The van der Waals surface area contributed by atoms with E-state index in [9.17, 15) is 4.79 Å². The number of nitrogens with zero attached hydrogens (tertiary/aromatic N) is 1. The molecule has 0 unspecified atom stereocenters. The number of carbonyl (C=O) groups excluding carboxylic acids is 1. The number of rotatable bonds is 5. The van der Waals surface area contributed by atoms with Gasteiger partial charge in [0.05, 0.1) is 25.9 Å². The maximum absolute atomic E-state index is 12.3. The highest BCUT2D eigenvalue weighted by atomic mass is 16.5. The summed E-state index contributed by atoms with van der Waals surface area (Å²) in [5.74, 6) is 0.996. The molecule has 1 aliphatic rings. The van der Waals surface area contributed by atoms with E-state index in [-0.39, 0.29) is 5.78 Å². The number of ketones is 1.